The molecule has 0 aromatic heterocycles. The van der Waals surface area contributed by atoms with Crippen molar-refractivity contribution < 1.29 is 9.90 Å². The Balaban J connectivity index is 4.13. The van der Waals surface area contributed by atoms with E-state index >= 15 is 0 Å². The van der Waals surface area contributed by atoms with Crippen LogP contribution in [0.2, 0.25) is 0 Å². The van der Waals surface area contributed by atoms with Gasteiger partial charge in [0.2, 0.25) is 5.91 Å². The third kappa shape index (κ3) is 9.32. The van der Waals surface area contributed by atoms with Crippen molar-refractivity contribution in [2.45, 2.75) is 59.3 Å². The first-order chi connectivity index (χ1) is 9.67. The van der Waals surface area contributed by atoms with E-state index < -0.39 is 0 Å². The van der Waals surface area contributed by atoms with Crippen molar-refractivity contribution in [2.24, 2.45) is 5.92 Å². The molecule has 4 nitrogen and oxygen atoms in total. The first kappa shape index (κ1) is 19.4. The maximum atomic E-state index is 12.4. The van der Waals surface area contributed by atoms with E-state index in [0.29, 0.717) is 13.0 Å². The van der Waals surface area contributed by atoms with Gasteiger partial charge in [-0.15, -0.1) is 0 Å². The lowest BCUT2D eigenvalue weighted by atomic mass is 10.1. The van der Waals surface area contributed by atoms with Gasteiger partial charge in [0.05, 0.1) is 0 Å². The van der Waals surface area contributed by atoms with Crippen molar-refractivity contribution in [3.8, 4) is 0 Å². The summed E-state index contributed by atoms with van der Waals surface area (Å²) in [6.07, 6.45) is 6.72. The molecule has 0 aliphatic carbocycles. The Hall–Kier alpha value is -0.610. The summed E-state index contributed by atoms with van der Waals surface area (Å²) in [5.41, 5.74) is 0. The molecule has 0 radical (unpaired) electrons. The van der Waals surface area contributed by atoms with E-state index in [0.717, 1.165) is 26.1 Å². The molecule has 4 heteroatoms. The van der Waals surface area contributed by atoms with Crippen LogP contribution in [-0.2, 0) is 4.79 Å². The molecule has 0 fully saturated rings. The van der Waals surface area contributed by atoms with Crippen molar-refractivity contribution in [2.75, 3.05) is 32.8 Å². The minimum Gasteiger partial charge on any atom is -0.396 e. The predicted octanol–water partition coefficient (Wildman–Crippen LogP) is 2.41. The molecule has 0 aromatic rings. The fourth-order valence-electron chi connectivity index (χ4n) is 2.26. The SMILES string of the molecule is CCCCCCCN(CCCO)C(=O)C(C)CNCC. The van der Waals surface area contributed by atoms with Crippen molar-refractivity contribution in [3.63, 3.8) is 0 Å². The molecule has 1 unspecified atom stereocenters. The van der Waals surface area contributed by atoms with E-state index in [-0.39, 0.29) is 18.4 Å². The molecule has 2 N–H and O–H groups in total. The minimum absolute atomic E-state index is 0.0179. The summed E-state index contributed by atoms with van der Waals surface area (Å²) in [5, 5.41) is 12.2. The molecule has 120 valence electrons. The van der Waals surface area contributed by atoms with Crippen LogP contribution in [0.5, 0.6) is 0 Å². The number of nitrogens with zero attached hydrogens (tertiary/aromatic N) is 1. The van der Waals surface area contributed by atoms with E-state index in [1.807, 2.05) is 11.8 Å². The lowest BCUT2D eigenvalue weighted by Crippen LogP contribution is -2.40. The molecule has 0 aromatic carbocycles. The highest BCUT2D eigenvalue weighted by Crippen LogP contribution is 2.08. The van der Waals surface area contributed by atoms with Crippen LogP contribution in [0.15, 0.2) is 0 Å². The van der Waals surface area contributed by atoms with Gasteiger partial charge >= 0.3 is 0 Å². The van der Waals surface area contributed by atoms with E-state index in [9.17, 15) is 4.79 Å². The molecule has 0 heterocycles. The zero-order valence-electron chi connectivity index (χ0n) is 13.7. The Morgan fingerprint density at radius 1 is 1.10 bits per heavy atom. The number of hydrogen-bond acceptors (Lipinski definition) is 3. The number of aliphatic hydroxyl groups is 1. The van der Waals surface area contributed by atoms with Crippen LogP contribution in [0, 0.1) is 5.92 Å². The Kier molecular flexibility index (Phi) is 13.0. The summed E-state index contributed by atoms with van der Waals surface area (Å²) < 4.78 is 0. The number of unbranched alkanes of at least 4 members (excludes halogenated alkanes) is 4. The maximum Gasteiger partial charge on any atom is 0.226 e. The van der Waals surface area contributed by atoms with Crippen molar-refractivity contribution in [1.82, 2.24) is 10.2 Å². The van der Waals surface area contributed by atoms with E-state index in [4.69, 9.17) is 5.11 Å². The standard InChI is InChI=1S/C16H34N2O2/c1-4-6-7-8-9-11-18(12-10-13-19)16(20)15(3)14-17-5-2/h15,17,19H,4-14H2,1-3H3. The molecular weight excluding hydrogens is 252 g/mol. The molecule has 1 amide bonds. The maximum absolute atomic E-state index is 12.4. The monoisotopic (exact) mass is 286 g/mol. The lowest BCUT2D eigenvalue weighted by molar-refractivity contribution is -0.135. The highest BCUT2D eigenvalue weighted by Gasteiger charge is 2.19. The number of carbonyl (C=O) groups is 1. The smallest absolute Gasteiger partial charge is 0.226 e. The van der Waals surface area contributed by atoms with Gasteiger partial charge in [-0.05, 0) is 19.4 Å². The van der Waals surface area contributed by atoms with Gasteiger partial charge < -0.3 is 15.3 Å². The minimum atomic E-state index is 0.0179. The van der Waals surface area contributed by atoms with E-state index in [1.165, 1.54) is 25.7 Å². The fraction of sp³-hybridized carbons (Fsp3) is 0.938. The van der Waals surface area contributed by atoms with Gasteiger partial charge in [0.1, 0.15) is 0 Å². The highest BCUT2D eigenvalue weighted by molar-refractivity contribution is 5.78. The van der Waals surface area contributed by atoms with Crippen LogP contribution in [0.4, 0.5) is 0 Å². The Bertz CT molecular complexity index is 235. The fourth-order valence-corrected chi connectivity index (χ4v) is 2.26. The summed E-state index contributed by atoms with van der Waals surface area (Å²) in [5.74, 6) is 0.235. The average molecular weight is 286 g/mol. The average Bonchev–Trinajstić information content (AvgIpc) is 2.46. The van der Waals surface area contributed by atoms with Gasteiger partial charge in [-0.1, -0.05) is 46.5 Å². The normalized spacial score (nSPS) is 12.4. The van der Waals surface area contributed by atoms with Gasteiger partial charge in [-0.3, -0.25) is 4.79 Å². The molecular formula is C16H34N2O2. The van der Waals surface area contributed by atoms with Gasteiger partial charge in [0.15, 0.2) is 0 Å². The summed E-state index contributed by atoms with van der Waals surface area (Å²) in [4.78, 5) is 14.3. The number of nitrogens with one attached hydrogen (secondary N) is 1. The molecule has 20 heavy (non-hydrogen) atoms. The summed E-state index contributed by atoms with van der Waals surface area (Å²) in [7, 11) is 0. The molecule has 1 atom stereocenters. The second kappa shape index (κ2) is 13.4. The van der Waals surface area contributed by atoms with Crippen molar-refractivity contribution >= 4 is 5.91 Å². The number of rotatable bonds is 13. The molecule has 0 bridgehead atoms. The largest absolute Gasteiger partial charge is 0.396 e. The zero-order chi connectivity index (χ0) is 15.2. The summed E-state index contributed by atoms with van der Waals surface area (Å²) >= 11 is 0. The quantitative estimate of drug-likeness (QED) is 0.511. The van der Waals surface area contributed by atoms with Crippen molar-refractivity contribution in [1.29, 1.82) is 0 Å². The third-order valence-corrected chi connectivity index (χ3v) is 3.55. The van der Waals surface area contributed by atoms with Crippen LogP contribution < -0.4 is 5.32 Å². The second-order valence-corrected chi connectivity index (χ2v) is 5.53. The first-order valence-electron chi connectivity index (χ1n) is 8.27. The lowest BCUT2D eigenvalue weighted by Gasteiger charge is -2.26. The zero-order valence-corrected chi connectivity index (χ0v) is 13.7. The van der Waals surface area contributed by atoms with Crippen LogP contribution in [0.25, 0.3) is 0 Å². The molecule has 0 spiro atoms. The molecule has 0 aliphatic heterocycles. The Morgan fingerprint density at radius 2 is 1.75 bits per heavy atom. The van der Waals surface area contributed by atoms with Crippen LogP contribution in [0.3, 0.4) is 0 Å². The number of carbonyl (C=O) groups excluding carboxylic acids is 1. The summed E-state index contributed by atoms with van der Waals surface area (Å²) in [6, 6.07) is 0. The number of hydrogen-bond donors (Lipinski definition) is 2. The Labute approximate surface area is 124 Å². The van der Waals surface area contributed by atoms with Crippen LogP contribution in [-0.4, -0.2) is 48.7 Å². The molecule has 0 aliphatic rings. The Morgan fingerprint density at radius 3 is 2.35 bits per heavy atom. The molecule has 0 saturated carbocycles. The van der Waals surface area contributed by atoms with E-state index in [2.05, 4.69) is 19.2 Å². The number of amides is 1. The van der Waals surface area contributed by atoms with Crippen LogP contribution >= 0.6 is 0 Å². The third-order valence-electron chi connectivity index (χ3n) is 3.55. The van der Waals surface area contributed by atoms with Crippen molar-refractivity contribution in [3.05, 3.63) is 0 Å². The predicted molar refractivity (Wildman–Crippen MR) is 84.7 cm³/mol. The number of aliphatic hydroxyl groups excluding tert-OH is 1. The van der Waals surface area contributed by atoms with Crippen LogP contribution in [0.1, 0.15) is 59.3 Å². The van der Waals surface area contributed by atoms with Gasteiger partial charge in [-0.2, -0.15) is 0 Å². The van der Waals surface area contributed by atoms with Gasteiger partial charge in [0, 0.05) is 32.2 Å². The highest BCUT2D eigenvalue weighted by atomic mass is 16.3. The molecule has 0 rings (SSSR count). The second-order valence-electron chi connectivity index (χ2n) is 5.53. The molecule has 0 saturated heterocycles. The first-order valence-corrected chi connectivity index (χ1v) is 8.27. The van der Waals surface area contributed by atoms with Gasteiger partial charge in [0.25, 0.3) is 0 Å². The van der Waals surface area contributed by atoms with Gasteiger partial charge in [-0.25, -0.2) is 0 Å². The summed E-state index contributed by atoms with van der Waals surface area (Å²) in [6.45, 7) is 9.54. The topological polar surface area (TPSA) is 52.6 Å². The van der Waals surface area contributed by atoms with E-state index in [1.54, 1.807) is 0 Å².